The zero-order valence-electron chi connectivity index (χ0n) is 13.5. The van der Waals surface area contributed by atoms with Crippen LogP contribution in [0.2, 0.25) is 0 Å². The second kappa shape index (κ2) is 8.32. The van der Waals surface area contributed by atoms with Crippen LogP contribution < -0.4 is 0 Å². The van der Waals surface area contributed by atoms with Crippen LogP contribution in [0.4, 0.5) is 0 Å². The molecule has 2 heterocycles. The number of methoxy groups -OCH3 is 1. The first-order chi connectivity index (χ1) is 11.3. The fourth-order valence-electron chi connectivity index (χ4n) is 2.96. The van der Waals surface area contributed by atoms with E-state index in [1.165, 1.54) is 7.11 Å². The maximum atomic E-state index is 10.2. The highest BCUT2D eigenvalue weighted by Gasteiger charge is 2.49. The Morgan fingerprint density at radius 2 is 1.33 bits per heavy atom. The van der Waals surface area contributed by atoms with E-state index in [4.69, 9.17) is 18.9 Å². The predicted octanol–water partition coefficient (Wildman–Crippen LogP) is -3.47. The van der Waals surface area contributed by atoms with Crippen molar-refractivity contribution in [3.63, 3.8) is 0 Å². The number of hydrogen-bond acceptors (Lipinski definition) is 10. The molecule has 2 rings (SSSR count). The molecule has 0 aromatic carbocycles. The van der Waals surface area contributed by atoms with Crippen molar-refractivity contribution < 1.29 is 49.6 Å². The highest BCUT2D eigenvalue weighted by atomic mass is 16.7. The topological polar surface area (TPSA) is 158 Å². The molecule has 10 heteroatoms. The Morgan fingerprint density at radius 1 is 0.792 bits per heavy atom. The molecule has 6 N–H and O–H groups in total. The van der Waals surface area contributed by atoms with Crippen molar-refractivity contribution in [3.05, 3.63) is 0 Å². The average Bonchev–Trinajstić information content (AvgIpc) is 2.59. The van der Waals surface area contributed by atoms with Gasteiger partial charge in [0.05, 0.1) is 25.4 Å². The Balaban J connectivity index is 2.12. The molecule has 0 bridgehead atoms. The van der Waals surface area contributed by atoms with Gasteiger partial charge in [-0.15, -0.1) is 0 Å². The molecule has 2 fully saturated rings. The van der Waals surface area contributed by atoms with Crippen molar-refractivity contribution in [1.29, 1.82) is 0 Å². The van der Waals surface area contributed by atoms with Crippen LogP contribution in [0.3, 0.4) is 0 Å². The van der Waals surface area contributed by atoms with Crippen LogP contribution in [-0.4, -0.2) is 106 Å². The third kappa shape index (κ3) is 3.73. The van der Waals surface area contributed by atoms with Gasteiger partial charge in [-0.1, -0.05) is 6.92 Å². The minimum Gasteiger partial charge on any atom is -0.394 e. The van der Waals surface area contributed by atoms with Crippen LogP contribution in [-0.2, 0) is 18.9 Å². The summed E-state index contributed by atoms with van der Waals surface area (Å²) in [6.45, 7) is 0.666. The summed E-state index contributed by atoms with van der Waals surface area (Å²) < 4.78 is 21.1. The summed E-state index contributed by atoms with van der Waals surface area (Å²) in [4.78, 5) is 0. The number of hydrogen-bond donors (Lipinski definition) is 6. The summed E-state index contributed by atoms with van der Waals surface area (Å²) in [5, 5.41) is 59.0. The highest BCUT2D eigenvalue weighted by Crippen LogP contribution is 2.31. The van der Waals surface area contributed by atoms with Gasteiger partial charge < -0.3 is 49.6 Å². The summed E-state index contributed by atoms with van der Waals surface area (Å²) in [6.07, 6.45) is -11.2. The van der Waals surface area contributed by atoms with E-state index in [0.717, 1.165) is 0 Å². The quantitative estimate of drug-likeness (QED) is 0.293. The van der Waals surface area contributed by atoms with Crippen LogP contribution in [0.15, 0.2) is 0 Å². The molecule has 0 aliphatic carbocycles. The average molecular weight is 354 g/mol. The van der Waals surface area contributed by atoms with E-state index < -0.39 is 74.4 Å². The SMILES string of the molecule is CO[C@@H]1O[C@@H](CO)[C@@H](O[C@@H]2OC(CO)[C@@H](C)C(O)[C@@H]2O)C(O)C1O. The molecule has 10 nitrogen and oxygen atoms in total. The summed E-state index contributed by atoms with van der Waals surface area (Å²) in [7, 11) is 1.27. The summed E-state index contributed by atoms with van der Waals surface area (Å²) in [5.74, 6) is -0.533. The van der Waals surface area contributed by atoms with Gasteiger partial charge in [-0.05, 0) is 0 Å². The molecule has 0 aromatic rings. The molecular formula is C14H26O10. The van der Waals surface area contributed by atoms with Crippen molar-refractivity contribution in [3.8, 4) is 0 Å². The first kappa shape index (κ1) is 19.9. The van der Waals surface area contributed by atoms with Crippen molar-refractivity contribution in [2.24, 2.45) is 5.92 Å². The molecule has 0 aromatic heterocycles. The van der Waals surface area contributed by atoms with Crippen LogP contribution in [0.5, 0.6) is 0 Å². The van der Waals surface area contributed by atoms with Gasteiger partial charge in [0.15, 0.2) is 12.6 Å². The van der Waals surface area contributed by atoms with Crippen LogP contribution in [0, 0.1) is 5.92 Å². The Kier molecular flexibility index (Phi) is 6.90. The maximum absolute atomic E-state index is 10.2. The fourth-order valence-corrected chi connectivity index (χ4v) is 2.96. The van der Waals surface area contributed by atoms with E-state index in [1.54, 1.807) is 6.92 Å². The number of aliphatic hydroxyl groups excluding tert-OH is 6. The molecule has 2 aliphatic rings. The third-order valence-electron chi connectivity index (χ3n) is 4.59. The Morgan fingerprint density at radius 3 is 1.88 bits per heavy atom. The Bertz CT molecular complexity index is 392. The smallest absolute Gasteiger partial charge is 0.187 e. The molecule has 4 unspecified atom stereocenters. The lowest BCUT2D eigenvalue weighted by Crippen LogP contribution is -2.63. The van der Waals surface area contributed by atoms with Gasteiger partial charge in [-0.25, -0.2) is 0 Å². The van der Waals surface area contributed by atoms with Crippen LogP contribution in [0.1, 0.15) is 6.92 Å². The summed E-state index contributed by atoms with van der Waals surface area (Å²) in [5.41, 5.74) is 0. The van der Waals surface area contributed by atoms with Gasteiger partial charge in [0, 0.05) is 13.0 Å². The minimum absolute atomic E-state index is 0.396. The second-order valence-corrected chi connectivity index (χ2v) is 6.11. The van der Waals surface area contributed by atoms with Gasteiger partial charge in [0.25, 0.3) is 0 Å². The molecule has 0 spiro atoms. The number of aliphatic hydroxyl groups is 6. The first-order valence-electron chi connectivity index (χ1n) is 7.78. The molecule has 142 valence electrons. The lowest BCUT2D eigenvalue weighted by molar-refractivity contribution is -0.353. The number of rotatable bonds is 5. The van der Waals surface area contributed by atoms with Gasteiger partial charge in [0.2, 0.25) is 0 Å². The normalized spacial score (nSPS) is 50.0. The standard InChI is InChI=1S/C14H26O10/c1-5-6(3-15)22-14(10(19)8(5)17)24-12-7(4-16)23-13(21-2)11(20)9(12)18/h5-20H,3-4H2,1-2H3/t5-,6?,7+,8?,9?,10+,11?,12-,13-,14+/m1/s1. The van der Waals surface area contributed by atoms with E-state index in [2.05, 4.69) is 0 Å². The Labute approximate surface area is 139 Å². The monoisotopic (exact) mass is 354 g/mol. The van der Waals surface area contributed by atoms with Gasteiger partial charge >= 0.3 is 0 Å². The fraction of sp³-hybridized carbons (Fsp3) is 1.00. The summed E-state index contributed by atoms with van der Waals surface area (Å²) >= 11 is 0. The molecule has 0 radical (unpaired) electrons. The zero-order chi connectivity index (χ0) is 18.0. The maximum Gasteiger partial charge on any atom is 0.187 e. The van der Waals surface area contributed by atoms with Crippen molar-refractivity contribution >= 4 is 0 Å². The van der Waals surface area contributed by atoms with Crippen LogP contribution >= 0.6 is 0 Å². The van der Waals surface area contributed by atoms with E-state index >= 15 is 0 Å². The summed E-state index contributed by atoms with van der Waals surface area (Å²) in [6, 6.07) is 0. The lowest BCUT2D eigenvalue weighted by Gasteiger charge is -2.46. The molecule has 24 heavy (non-hydrogen) atoms. The van der Waals surface area contributed by atoms with Crippen molar-refractivity contribution in [2.75, 3.05) is 20.3 Å². The number of ether oxygens (including phenoxy) is 4. The van der Waals surface area contributed by atoms with Crippen molar-refractivity contribution in [2.45, 2.75) is 62.2 Å². The van der Waals surface area contributed by atoms with Gasteiger partial charge in [-0.3, -0.25) is 0 Å². The second-order valence-electron chi connectivity index (χ2n) is 6.11. The van der Waals surface area contributed by atoms with Crippen LogP contribution in [0.25, 0.3) is 0 Å². The predicted molar refractivity (Wildman–Crippen MR) is 76.6 cm³/mol. The minimum atomic E-state index is -1.49. The van der Waals surface area contributed by atoms with E-state index in [9.17, 15) is 30.6 Å². The highest BCUT2D eigenvalue weighted by molar-refractivity contribution is 4.93. The van der Waals surface area contributed by atoms with E-state index in [1.807, 2.05) is 0 Å². The molecule has 10 atom stereocenters. The first-order valence-corrected chi connectivity index (χ1v) is 7.78. The van der Waals surface area contributed by atoms with Crippen molar-refractivity contribution in [1.82, 2.24) is 0 Å². The third-order valence-corrected chi connectivity index (χ3v) is 4.59. The van der Waals surface area contributed by atoms with Gasteiger partial charge in [0.1, 0.15) is 30.5 Å². The van der Waals surface area contributed by atoms with E-state index in [-0.39, 0.29) is 0 Å². The molecule has 2 saturated heterocycles. The molecule has 2 aliphatic heterocycles. The zero-order valence-corrected chi connectivity index (χ0v) is 13.5. The molecular weight excluding hydrogens is 328 g/mol. The largest absolute Gasteiger partial charge is 0.394 e. The Hall–Kier alpha value is -0.400. The lowest BCUT2D eigenvalue weighted by atomic mass is 9.91. The molecule has 0 amide bonds. The molecule has 0 saturated carbocycles. The van der Waals surface area contributed by atoms with E-state index in [0.29, 0.717) is 0 Å². The van der Waals surface area contributed by atoms with Gasteiger partial charge in [-0.2, -0.15) is 0 Å².